The molecule has 0 aliphatic heterocycles. The number of alkyl halides is 12. The second-order valence-corrected chi connectivity index (χ2v) is 11.5. The number of nitrogens with zero attached hydrogens (tertiary/aromatic N) is 4. The second kappa shape index (κ2) is 18.2. The molecule has 2 rings (SSSR count). The molecule has 23 heteroatoms. The van der Waals surface area contributed by atoms with Crippen LogP contribution < -0.4 is 0 Å². The van der Waals surface area contributed by atoms with Crippen molar-refractivity contribution >= 4 is 75.0 Å². The van der Waals surface area contributed by atoms with Gasteiger partial charge in [-0.3, -0.25) is 0 Å². The molecule has 0 bridgehead atoms. The van der Waals surface area contributed by atoms with Gasteiger partial charge in [0, 0.05) is 68.4 Å². The Kier molecular flexibility index (Phi) is 18.0. The number of aromatic nitrogens is 4. The molecule has 45 heavy (non-hydrogen) atoms. The van der Waals surface area contributed by atoms with Crippen LogP contribution in [0.25, 0.3) is 0 Å². The summed E-state index contributed by atoms with van der Waals surface area (Å²) in [4.78, 5) is 0. The molecule has 4 nitrogen and oxygen atoms in total. The fourth-order valence-electron chi connectivity index (χ4n) is 3.64. The predicted molar refractivity (Wildman–Crippen MR) is 150 cm³/mol. The fraction of sp³-hybridized carbons (Fsp3) is 0.727. The monoisotopic (exact) mass is 822 g/mol. The van der Waals surface area contributed by atoms with Crippen molar-refractivity contribution in [3.05, 3.63) is 9.54 Å². The standard InChI is InChI=1S/2C11H14F6N2S3.Ni/c2*12-10(13,14)3-1-5-18-7(20)8(21)19(9(18)22)6-2-4-11(15,16)17;/h2*20-21H,1-6H2;/p-4. The van der Waals surface area contributed by atoms with E-state index in [-0.39, 0.29) is 98.0 Å². The molecule has 0 radical (unpaired) electrons. The Bertz CT molecular complexity index is 1130. The number of imidazole rings is 2. The van der Waals surface area contributed by atoms with Crippen LogP contribution in [0.3, 0.4) is 0 Å². The first-order valence-corrected chi connectivity index (χ1v) is 14.9. The maximum Gasteiger partial charge on any atom is 0.389 e. The zero-order valence-electron chi connectivity index (χ0n) is 22.6. The molecule has 0 saturated heterocycles. The zero-order chi connectivity index (χ0) is 34.3. The van der Waals surface area contributed by atoms with Gasteiger partial charge in [0.2, 0.25) is 0 Å². The van der Waals surface area contributed by atoms with Gasteiger partial charge in [0.05, 0.1) is 0 Å². The minimum Gasteiger partial charge on any atom is -0.762 e. The van der Waals surface area contributed by atoms with Crippen molar-refractivity contribution in [1.29, 1.82) is 0 Å². The number of hydrogen-bond donors (Lipinski definition) is 0. The average molecular weight is 824 g/mol. The van der Waals surface area contributed by atoms with Crippen molar-refractivity contribution < 1.29 is 69.2 Å². The normalized spacial score (nSPS) is 12.5. The van der Waals surface area contributed by atoms with Gasteiger partial charge < -0.3 is 68.8 Å². The largest absolute Gasteiger partial charge is 0.762 e. The van der Waals surface area contributed by atoms with Gasteiger partial charge >= 0.3 is 24.7 Å². The Labute approximate surface area is 292 Å². The minimum absolute atomic E-state index is 0. The van der Waals surface area contributed by atoms with E-state index in [1.54, 1.807) is 0 Å². The van der Waals surface area contributed by atoms with Crippen LogP contribution in [0.2, 0.25) is 0 Å². The van der Waals surface area contributed by atoms with Gasteiger partial charge in [-0.05, 0) is 50.1 Å². The van der Waals surface area contributed by atoms with Crippen LogP contribution in [-0.2, 0) is 93.2 Å². The third kappa shape index (κ3) is 16.4. The van der Waals surface area contributed by atoms with Gasteiger partial charge in [0.15, 0.2) is 9.54 Å². The molecular formula is C22H24F12N4NiS6-4. The van der Waals surface area contributed by atoms with Crippen LogP contribution in [0.15, 0.2) is 20.1 Å². The second-order valence-electron chi connectivity index (χ2n) is 9.27. The van der Waals surface area contributed by atoms with Gasteiger partial charge in [-0.15, -0.1) is 20.1 Å². The van der Waals surface area contributed by atoms with Crippen molar-refractivity contribution in [3.63, 3.8) is 0 Å². The summed E-state index contributed by atoms with van der Waals surface area (Å²) in [6, 6.07) is 0. The van der Waals surface area contributed by atoms with E-state index in [0.29, 0.717) is 0 Å². The number of hydrogen-bond acceptors (Lipinski definition) is 6. The Balaban J connectivity index is 0.000000842. The summed E-state index contributed by atoms with van der Waals surface area (Å²) in [6.45, 7) is -0.250. The van der Waals surface area contributed by atoms with Gasteiger partial charge in [-0.1, -0.05) is 0 Å². The molecule has 2 aromatic heterocycles. The van der Waals surface area contributed by atoms with Crippen molar-refractivity contribution in [2.75, 3.05) is 0 Å². The Hall–Kier alpha value is -0.606. The maximum absolute atomic E-state index is 12.1. The summed E-state index contributed by atoms with van der Waals surface area (Å²) in [7, 11) is 0. The van der Waals surface area contributed by atoms with Crippen LogP contribution in [-0.4, -0.2) is 43.0 Å². The van der Waals surface area contributed by atoms with Crippen molar-refractivity contribution in [1.82, 2.24) is 18.3 Å². The fourth-order valence-corrected chi connectivity index (χ4v) is 5.75. The number of halogens is 12. The van der Waals surface area contributed by atoms with E-state index < -0.39 is 50.4 Å². The van der Waals surface area contributed by atoms with Crippen molar-refractivity contribution in [2.24, 2.45) is 0 Å². The summed E-state index contributed by atoms with van der Waals surface area (Å²) in [5, 5.41) is 0.367. The molecule has 0 N–H and O–H groups in total. The molecule has 0 atom stereocenters. The summed E-state index contributed by atoms with van der Waals surface area (Å²) in [5.74, 6) is 0. The van der Waals surface area contributed by atoms with Crippen LogP contribution in [0.4, 0.5) is 52.7 Å². The first kappa shape index (κ1) is 44.4. The third-order valence-electron chi connectivity index (χ3n) is 5.64. The van der Waals surface area contributed by atoms with Gasteiger partial charge in [-0.25, -0.2) is 0 Å². The summed E-state index contributed by atoms with van der Waals surface area (Å²) >= 11 is 30.1. The Morgan fingerprint density at radius 3 is 0.689 bits per heavy atom. The molecule has 0 amide bonds. The van der Waals surface area contributed by atoms with E-state index in [4.69, 9.17) is 75.0 Å². The van der Waals surface area contributed by atoms with E-state index >= 15 is 0 Å². The maximum atomic E-state index is 12.1. The van der Waals surface area contributed by atoms with E-state index in [0.717, 1.165) is 0 Å². The Morgan fingerprint density at radius 1 is 0.400 bits per heavy atom. The molecule has 0 unspecified atom stereocenters. The smallest absolute Gasteiger partial charge is 0.389 e. The molecule has 0 spiro atoms. The summed E-state index contributed by atoms with van der Waals surface area (Å²) < 4.78 is 151. The molecule has 2 aromatic rings. The van der Waals surface area contributed by atoms with E-state index in [2.05, 4.69) is 0 Å². The topological polar surface area (TPSA) is 19.7 Å². The van der Waals surface area contributed by atoms with E-state index in [9.17, 15) is 52.7 Å². The SMILES string of the molecule is FC(F)(F)CCCn1c([S-])c([S-])n(CCCC(F)(F)F)c1=S.FC(F)(F)CCCn1c([S-])c([S-])n(CCCC(F)(F)F)c1=S.[Ni]. The van der Waals surface area contributed by atoms with E-state index in [1.165, 1.54) is 18.3 Å². The molecule has 0 aliphatic rings. The predicted octanol–water partition coefficient (Wildman–Crippen LogP) is 9.03. The van der Waals surface area contributed by atoms with Gasteiger partial charge in [-0.2, -0.15) is 52.7 Å². The minimum atomic E-state index is -4.28. The number of rotatable bonds is 12. The van der Waals surface area contributed by atoms with Crippen LogP contribution in [0, 0.1) is 9.54 Å². The van der Waals surface area contributed by atoms with Gasteiger partial charge in [0.1, 0.15) is 0 Å². The van der Waals surface area contributed by atoms with Crippen LogP contribution in [0.5, 0.6) is 0 Å². The molecular weight excluding hydrogens is 799 g/mol. The molecule has 0 saturated carbocycles. The van der Waals surface area contributed by atoms with Crippen molar-refractivity contribution in [3.8, 4) is 0 Å². The zero-order valence-corrected chi connectivity index (χ0v) is 28.5. The molecule has 0 fully saturated rings. The van der Waals surface area contributed by atoms with E-state index in [1.807, 2.05) is 0 Å². The van der Waals surface area contributed by atoms with Crippen LogP contribution >= 0.6 is 24.4 Å². The molecule has 0 aromatic carbocycles. The third-order valence-corrected chi connectivity index (χ3v) is 8.43. The molecule has 2 heterocycles. The first-order valence-electron chi connectivity index (χ1n) is 12.5. The first-order chi connectivity index (χ1) is 19.8. The molecule has 266 valence electrons. The average Bonchev–Trinajstić information content (AvgIpc) is 3.16. The van der Waals surface area contributed by atoms with Crippen molar-refractivity contribution in [2.45, 2.75) is 122 Å². The molecule has 0 aliphatic carbocycles. The quantitative estimate of drug-likeness (QED) is 0.0916. The Morgan fingerprint density at radius 2 is 0.556 bits per heavy atom. The van der Waals surface area contributed by atoms with Crippen LogP contribution in [0.1, 0.15) is 51.4 Å². The summed E-state index contributed by atoms with van der Waals surface area (Å²) in [5.41, 5.74) is 0. The summed E-state index contributed by atoms with van der Waals surface area (Å²) in [6.07, 6.45) is -22.0. The van der Waals surface area contributed by atoms with Gasteiger partial charge in [0.25, 0.3) is 0 Å².